The van der Waals surface area contributed by atoms with Gasteiger partial charge in [-0.15, -0.1) is 10.2 Å². The fraction of sp³-hybridized carbons (Fsp3) is 0.138. The van der Waals surface area contributed by atoms with Crippen molar-refractivity contribution in [2.45, 2.75) is 24.1 Å². The van der Waals surface area contributed by atoms with Gasteiger partial charge in [-0.05, 0) is 35.4 Å². The highest BCUT2D eigenvalue weighted by Crippen LogP contribution is 2.43. The average molecular weight is 493 g/mol. The third-order valence-corrected chi connectivity index (χ3v) is 6.95. The highest BCUT2D eigenvalue weighted by atomic mass is 32.2. The van der Waals surface area contributed by atoms with E-state index in [4.69, 9.17) is 14.5 Å². The minimum Gasteiger partial charge on any atom is -0.493 e. The molecule has 6 rings (SSSR count). The molecule has 0 bridgehead atoms. The molecule has 0 saturated carbocycles. The molecule has 1 aliphatic rings. The van der Waals surface area contributed by atoms with Crippen molar-refractivity contribution >= 4 is 28.2 Å². The molecular weight excluding hydrogens is 468 g/mol. The van der Waals surface area contributed by atoms with Crippen LogP contribution in [0.5, 0.6) is 11.6 Å². The molecule has 0 spiro atoms. The van der Waals surface area contributed by atoms with E-state index in [0.29, 0.717) is 23.3 Å². The number of ether oxygens (including phenoxy) is 2. The first kappa shape index (κ1) is 22.4. The van der Waals surface area contributed by atoms with Gasteiger partial charge in [0.15, 0.2) is 5.69 Å². The number of aromatic nitrogens is 3. The molecule has 4 aromatic carbocycles. The molecule has 6 nitrogen and oxygen atoms in total. The average Bonchev–Trinajstić information content (AvgIpc) is 3.09. The SMILES string of the molecule is CCOc1ccc2ccccc2c1C1Nc2ccccc2-c2nnc(SCc3ccccc3)nc2O1. The molecule has 0 saturated heterocycles. The van der Waals surface area contributed by atoms with Crippen LogP contribution in [0.2, 0.25) is 0 Å². The molecule has 2 heterocycles. The summed E-state index contributed by atoms with van der Waals surface area (Å²) in [4.78, 5) is 4.81. The van der Waals surface area contributed by atoms with Crippen LogP contribution in [0, 0.1) is 0 Å². The molecule has 0 aliphatic carbocycles. The summed E-state index contributed by atoms with van der Waals surface area (Å²) in [6.45, 7) is 2.54. The van der Waals surface area contributed by atoms with Crippen molar-refractivity contribution in [2.24, 2.45) is 0 Å². The number of thioether (sulfide) groups is 1. The van der Waals surface area contributed by atoms with Gasteiger partial charge in [-0.2, -0.15) is 4.98 Å². The van der Waals surface area contributed by atoms with Crippen LogP contribution >= 0.6 is 11.8 Å². The quantitative estimate of drug-likeness (QED) is 0.259. The van der Waals surface area contributed by atoms with Crippen LogP contribution in [-0.4, -0.2) is 21.8 Å². The molecule has 36 heavy (non-hydrogen) atoms. The number of fused-ring (bicyclic) bond motifs is 4. The van der Waals surface area contributed by atoms with E-state index in [2.05, 4.69) is 45.8 Å². The molecule has 1 aromatic heterocycles. The van der Waals surface area contributed by atoms with Gasteiger partial charge < -0.3 is 14.8 Å². The van der Waals surface area contributed by atoms with Crippen LogP contribution in [0.1, 0.15) is 24.3 Å². The zero-order valence-electron chi connectivity index (χ0n) is 19.7. The Kier molecular flexibility index (Phi) is 6.13. The normalized spacial score (nSPS) is 14.2. The van der Waals surface area contributed by atoms with Gasteiger partial charge >= 0.3 is 0 Å². The van der Waals surface area contributed by atoms with Crippen molar-refractivity contribution < 1.29 is 9.47 Å². The van der Waals surface area contributed by atoms with Crippen LogP contribution in [-0.2, 0) is 5.75 Å². The molecule has 0 amide bonds. The Morgan fingerprint density at radius 3 is 2.58 bits per heavy atom. The number of para-hydroxylation sites is 1. The van der Waals surface area contributed by atoms with E-state index >= 15 is 0 Å². The number of benzene rings is 4. The summed E-state index contributed by atoms with van der Waals surface area (Å²) in [5, 5.41) is 15.3. The highest BCUT2D eigenvalue weighted by Gasteiger charge is 2.29. The monoisotopic (exact) mass is 492 g/mol. The van der Waals surface area contributed by atoms with E-state index in [1.165, 1.54) is 17.3 Å². The van der Waals surface area contributed by atoms with Crippen molar-refractivity contribution in [3.05, 3.63) is 102 Å². The fourth-order valence-corrected chi connectivity index (χ4v) is 5.12. The minimum absolute atomic E-state index is 0.443. The van der Waals surface area contributed by atoms with E-state index in [9.17, 15) is 0 Å². The molecule has 1 N–H and O–H groups in total. The number of hydrogen-bond donors (Lipinski definition) is 1. The zero-order chi connectivity index (χ0) is 24.3. The number of anilines is 1. The number of rotatable bonds is 6. The second kappa shape index (κ2) is 9.87. The van der Waals surface area contributed by atoms with E-state index in [0.717, 1.165) is 39.1 Å². The first-order chi connectivity index (χ1) is 17.8. The summed E-state index contributed by atoms with van der Waals surface area (Å²) >= 11 is 1.54. The summed E-state index contributed by atoms with van der Waals surface area (Å²) < 4.78 is 12.6. The Hall–Kier alpha value is -4.10. The Labute approximate surface area is 213 Å². The lowest BCUT2D eigenvalue weighted by atomic mass is 10.0. The summed E-state index contributed by atoms with van der Waals surface area (Å²) in [6.07, 6.45) is -0.538. The standard InChI is InChI=1S/C29H24N4O2S/c1-2-34-24-17-16-20-12-6-7-13-21(20)25(24)27-30-23-15-9-8-14-22(23)26-28(35-27)31-29(33-32-26)36-18-19-10-4-3-5-11-19/h3-17,27,30H,2,18H2,1H3. The fourth-order valence-electron chi connectivity index (χ4n) is 4.39. The van der Waals surface area contributed by atoms with Gasteiger partial charge in [0.2, 0.25) is 17.3 Å². The van der Waals surface area contributed by atoms with E-state index in [1.807, 2.05) is 67.6 Å². The van der Waals surface area contributed by atoms with Gasteiger partial charge in [0, 0.05) is 17.0 Å². The minimum atomic E-state index is -0.538. The first-order valence-corrected chi connectivity index (χ1v) is 12.9. The van der Waals surface area contributed by atoms with Crippen LogP contribution < -0.4 is 14.8 Å². The van der Waals surface area contributed by atoms with Gasteiger partial charge in [-0.25, -0.2) is 0 Å². The van der Waals surface area contributed by atoms with Crippen LogP contribution in [0.4, 0.5) is 5.69 Å². The Morgan fingerprint density at radius 2 is 1.69 bits per heavy atom. The van der Waals surface area contributed by atoms with Gasteiger partial charge in [0.05, 0.1) is 12.2 Å². The third-order valence-electron chi connectivity index (χ3n) is 6.04. The second-order valence-electron chi connectivity index (χ2n) is 8.34. The molecule has 0 fully saturated rings. The molecule has 178 valence electrons. The summed E-state index contributed by atoms with van der Waals surface area (Å²) in [6, 6.07) is 30.6. The number of hydrogen-bond acceptors (Lipinski definition) is 7. The van der Waals surface area contributed by atoms with E-state index in [-0.39, 0.29) is 0 Å². The topological polar surface area (TPSA) is 69.2 Å². The second-order valence-corrected chi connectivity index (χ2v) is 9.28. The van der Waals surface area contributed by atoms with Crippen molar-refractivity contribution in [2.75, 3.05) is 11.9 Å². The number of nitrogens with one attached hydrogen (secondary N) is 1. The van der Waals surface area contributed by atoms with Crippen molar-refractivity contribution in [1.82, 2.24) is 15.2 Å². The van der Waals surface area contributed by atoms with Crippen molar-refractivity contribution in [3.63, 3.8) is 0 Å². The predicted molar refractivity (Wildman–Crippen MR) is 143 cm³/mol. The lowest BCUT2D eigenvalue weighted by molar-refractivity contribution is 0.218. The maximum Gasteiger partial charge on any atom is 0.247 e. The highest BCUT2D eigenvalue weighted by molar-refractivity contribution is 7.98. The molecule has 5 aromatic rings. The molecule has 1 unspecified atom stereocenters. The maximum atomic E-state index is 6.60. The molecular formula is C29H24N4O2S. The summed E-state index contributed by atoms with van der Waals surface area (Å²) in [5.41, 5.74) is 4.53. The van der Waals surface area contributed by atoms with E-state index in [1.54, 1.807) is 0 Å². The van der Waals surface area contributed by atoms with Crippen molar-refractivity contribution in [3.8, 4) is 22.9 Å². The van der Waals surface area contributed by atoms with Crippen LogP contribution in [0.25, 0.3) is 22.0 Å². The predicted octanol–water partition coefficient (Wildman–Crippen LogP) is 6.89. The Morgan fingerprint density at radius 1 is 0.889 bits per heavy atom. The largest absolute Gasteiger partial charge is 0.493 e. The summed E-state index contributed by atoms with van der Waals surface area (Å²) in [7, 11) is 0. The smallest absolute Gasteiger partial charge is 0.247 e. The Balaban J connectivity index is 1.44. The van der Waals surface area contributed by atoms with Crippen LogP contribution in [0.15, 0.2) is 96.2 Å². The number of nitrogens with zero attached hydrogens (tertiary/aromatic N) is 3. The van der Waals surface area contributed by atoms with Gasteiger partial charge in [-0.3, -0.25) is 0 Å². The lowest BCUT2D eigenvalue weighted by Gasteiger charge is -2.23. The molecule has 1 atom stereocenters. The van der Waals surface area contributed by atoms with Gasteiger partial charge in [-0.1, -0.05) is 90.6 Å². The van der Waals surface area contributed by atoms with Crippen molar-refractivity contribution in [1.29, 1.82) is 0 Å². The molecule has 7 heteroatoms. The third kappa shape index (κ3) is 4.33. The lowest BCUT2D eigenvalue weighted by Crippen LogP contribution is -2.19. The Bertz CT molecular complexity index is 1530. The van der Waals surface area contributed by atoms with Crippen LogP contribution in [0.3, 0.4) is 0 Å². The maximum absolute atomic E-state index is 6.60. The molecule has 0 radical (unpaired) electrons. The van der Waals surface area contributed by atoms with Gasteiger partial charge in [0.1, 0.15) is 5.75 Å². The first-order valence-electron chi connectivity index (χ1n) is 11.9. The zero-order valence-corrected chi connectivity index (χ0v) is 20.5. The van der Waals surface area contributed by atoms with Gasteiger partial charge in [0.25, 0.3) is 0 Å². The van der Waals surface area contributed by atoms with E-state index < -0.39 is 6.23 Å². The molecule has 1 aliphatic heterocycles. The summed E-state index contributed by atoms with van der Waals surface area (Å²) in [5.74, 6) is 1.96.